The molecule has 0 spiro atoms. The highest BCUT2D eigenvalue weighted by molar-refractivity contribution is 9.10. The summed E-state index contributed by atoms with van der Waals surface area (Å²) in [6.07, 6.45) is 0.379. The Bertz CT molecular complexity index is 599. The molecule has 0 aromatic heterocycles. The van der Waals surface area contributed by atoms with Crippen LogP contribution in [-0.4, -0.2) is 0 Å². The van der Waals surface area contributed by atoms with E-state index in [4.69, 9.17) is 17.4 Å². The van der Waals surface area contributed by atoms with Crippen LogP contribution in [0.5, 0.6) is 0 Å². The highest BCUT2D eigenvalue weighted by atomic mass is 79.9. The lowest BCUT2D eigenvalue weighted by molar-refractivity contribution is 0.527. The van der Waals surface area contributed by atoms with E-state index in [2.05, 4.69) is 21.4 Å². The third kappa shape index (κ3) is 3.38. The molecule has 0 saturated carbocycles. The zero-order chi connectivity index (χ0) is 14.7. The summed E-state index contributed by atoms with van der Waals surface area (Å²) in [5.74, 6) is 5.32. The van der Waals surface area contributed by atoms with Crippen molar-refractivity contribution >= 4 is 27.5 Å². The number of hydrazine groups is 1. The van der Waals surface area contributed by atoms with Crippen LogP contribution in [0.3, 0.4) is 0 Å². The van der Waals surface area contributed by atoms with Crippen molar-refractivity contribution in [2.24, 2.45) is 5.84 Å². The van der Waals surface area contributed by atoms with E-state index < -0.39 is 0 Å². The lowest BCUT2D eigenvalue weighted by Crippen LogP contribution is -2.30. The van der Waals surface area contributed by atoms with Crippen LogP contribution in [0.4, 0.5) is 4.39 Å². The van der Waals surface area contributed by atoms with E-state index in [-0.39, 0.29) is 11.9 Å². The summed E-state index contributed by atoms with van der Waals surface area (Å²) in [7, 11) is 0. The molecule has 3 N–H and O–H groups in total. The fourth-order valence-corrected chi connectivity index (χ4v) is 2.88. The molecule has 2 aromatic carbocycles. The highest BCUT2D eigenvalue weighted by Crippen LogP contribution is 2.29. The van der Waals surface area contributed by atoms with Crippen molar-refractivity contribution in [3.8, 4) is 0 Å². The maximum absolute atomic E-state index is 13.9. The van der Waals surface area contributed by atoms with Crippen molar-refractivity contribution in [1.29, 1.82) is 0 Å². The Kier molecular flexibility index (Phi) is 5.16. The van der Waals surface area contributed by atoms with E-state index in [0.29, 0.717) is 17.0 Å². The Balaban J connectivity index is 2.36. The lowest BCUT2D eigenvalue weighted by atomic mass is 9.97. The second-order valence-electron chi connectivity index (χ2n) is 4.65. The predicted molar refractivity (Wildman–Crippen MR) is 84.1 cm³/mol. The molecule has 0 aliphatic carbocycles. The SMILES string of the molecule is Cc1ccc(Br)c(C(Cc2c(F)cccc2Cl)NN)c1. The summed E-state index contributed by atoms with van der Waals surface area (Å²) in [6.45, 7) is 2.00. The van der Waals surface area contributed by atoms with Gasteiger partial charge in [0.2, 0.25) is 0 Å². The van der Waals surface area contributed by atoms with Gasteiger partial charge in [-0.2, -0.15) is 0 Å². The number of aryl methyl sites for hydroxylation is 1. The molecule has 2 rings (SSSR count). The molecule has 106 valence electrons. The first-order valence-corrected chi connectivity index (χ1v) is 7.35. The summed E-state index contributed by atoms with van der Waals surface area (Å²) in [6, 6.07) is 10.4. The van der Waals surface area contributed by atoms with Crippen LogP contribution >= 0.6 is 27.5 Å². The van der Waals surface area contributed by atoms with E-state index >= 15 is 0 Å². The number of rotatable bonds is 4. The summed E-state index contributed by atoms with van der Waals surface area (Å²) < 4.78 is 14.8. The molecule has 1 unspecified atom stereocenters. The van der Waals surface area contributed by atoms with Gasteiger partial charge in [0.05, 0.1) is 6.04 Å². The summed E-state index contributed by atoms with van der Waals surface area (Å²) in [5.41, 5.74) is 5.29. The van der Waals surface area contributed by atoms with E-state index in [1.165, 1.54) is 6.07 Å². The van der Waals surface area contributed by atoms with Crippen LogP contribution < -0.4 is 11.3 Å². The average Bonchev–Trinajstić information content (AvgIpc) is 2.42. The van der Waals surface area contributed by atoms with Crippen molar-refractivity contribution in [2.45, 2.75) is 19.4 Å². The molecule has 1 atom stereocenters. The molecule has 0 radical (unpaired) electrons. The fraction of sp³-hybridized carbons (Fsp3) is 0.200. The Hall–Kier alpha value is -0.940. The molecule has 20 heavy (non-hydrogen) atoms. The molecule has 0 amide bonds. The Labute approximate surface area is 131 Å². The minimum atomic E-state index is -0.318. The first-order valence-electron chi connectivity index (χ1n) is 6.18. The van der Waals surface area contributed by atoms with E-state index in [1.54, 1.807) is 12.1 Å². The number of nitrogens with one attached hydrogen (secondary N) is 1. The molecule has 0 aliphatic rings. The van der Waals surface area contributed by atoms with Crippen LogP contribution in [0.2, 0.25) is 5.02 Å². The van der Waals surface area contributed by atoms with Gasteiger partial charge in [0.15, 0.2) is 0 Å². The third-order valence-electron chi connectivity index (χ3n) is 3.20. The molecular formula is C15H15BrClFN2. The Morgan fingerprint density at radius 2 is 2.10 bits per heavy atom. The third-order valence-corrected chi connectivity index (χ3v) is 4.27. The molecular weight excluding hydrogens is 343 g/mol. The van der Waals surface area contributed by atoms with Crippen molar-refractivity contribution in [3.05, 3.63) is 68.4 Å². The number of nitrogens with two attached hydrogens (primary N) is 1. The van der Waals surface area contributed by atoms with Gasteiger partial charge >= 0.3 is 0 Å². The minimum Gasteiger partial charge on any atom is -0.271 e. The van der Waals surface area contributed by atoms with Gasteiger partial charge in [-0.25, -0.2) is 4.39 Å². The molecule has 5 heteroatoms. The van der Waals surface area contributed by atoms with Gasteiger partial charge in [-0.3, -0.25) is 11.3 Å². The van der Waals surface area contributed by atoms with Gasteiger partial charge in [0.1, 0.15) is 5.82 Å². The van der Waals surface area contributed by atoms with Crippen LogP contribution in [-0.2, 0) is 6.42 Å². The van der Waals surface area contributed by atoms with Gasteiger partial charge in [-0.1, -0.05) is 51.3 Å². The maximum atomic E-state index is 13.9. The molecule has 0 fully saturated rings. The van der Waals surface area contributed by atoms with Crippen molar-refractivity contribution in [3.63, 3.8) is 0 Å². The van der Waals surface area contributed by atoms with Crippen molar-refractivity contribution < 1.29 is 4.39 Å². The first kappa shape index (κ1) is 15.4. The summed E-state index contributed by atoms with van der Waals surface area (Å²) in [4.78, 5) is 0. The lowest BCUT2D eigenvalue weighted by Gasteiger charge is -2.19. The van der Waals surface area contributed by atoms with Crippen LogP contribution in [0.1, 0.15) is 22.7 Å². The minimum absolute atomic E-state index is 0.223. The number of hydrogen-bond donors (Lipinski definition) is 2. The van der Waals surface area contributed by atoms with Gasteiger partial charge in [-0.05, 0) is 37.1 Å². The van der Waals surface area contributed by atoms with Gasteiger partial charge in [0.25, 0.3) is 0 Å². The van der Waals surface area contributed by atoms with Crippen molar-refractivity contribution in [1.82, 2.24) is 5.43 Å². The zero-order valence-electron chi connectivity index (χ0n) is 11.0. The van der Waals surface area contributed by atoms with Gasteiger partial charge in [-0.15, -0.1) is 0 Å². The van der Waals surface area contributed by atoms with Gasteiger partial charge in [0, 0.05) is 15.1 Å². The molecule has 0 aliphatic heterocycles. The number of halogens is 3. The number of hydrogen-bond acceptors (Lipinski definition) is 2. The summed E-state index contributed by atoms with van der Waals surface area (Å²) in [5, 5.41) is 0.411. The summed E-state index contributed by atoms with van der Waals surface area (Å²) >= 11 is 9.57. The molecule has 2 nitrogen and oxygen atoms in total. The first-order chi connectivity index (χ1) is 9.52. The quantitative estimate of drug-likeness (QED) is 0.632. The fourth-order valence-electron chi connectivity index (χ4n) is 2.12. The Morgan fingerprint density at radius 1 is 1.35 bits per heavy atom. The van der Waals surface area contributed by atoms with Crippen LogP contribution in [0.25, 0.3) is 0 Å². The smallest absolute Gasteiger partial charge is 0.127 e. The van der Waals surface area contributed by atoms with Crippen LogP contribution in [0, 0.1) is 12.7 Å². The second kappa shape index (κ2) is 6.68. The molecule has 0 bridgehead atoms. The molecule has 2 aromatic rings. The predicted octanol–water partition coefficient (Wildman–Crippen LogP) is 4.30. The largest absolute Gasteiger partial charge is 0.271 e. The van der Waals surface area contributed by atoms with Crippen LogP contribution in [0.15, 0.2) is 40.9 Å². The second-order valence-corrected chi connectivity index (χ2v) is 5.91. The van der Waals surface area contributed by atoms with Crippen molar-refractivity contribution in [2.75, 3.05) is 0 Å². The monoisotopic (exact) mass is 356 g/mol. The topological polar surface area (TPSA) is 38.0 Å². The molecule has 0 saturated heterocycles. The maximum Gasteiger partial charge on any atom is 0.127 e. The standard InChI is InChI=1S/C15H15BrClFN2/c1-9-5-6-12(16)10(7-9)15(20-19)8-11-13(17)3-2-4-14(11)18/h2-7,15,20H,8,19H2,1H3. The van der Waals surface area contributed by atoms with E-state index in [1.807, 2.05) is 25.1 Å². The van der Waals surface area contributed by atoms with Gasteiger partial charge < -0.3 is 0 Å². The highest BCUT2D eigenvalue weighted by Gasteiger charge is 2.18. The number of benzene rings is 2. The van der Waals surface area contributed by atoms with E-state index in [0.717, 1.165) is 15.6 Å². The normalized spacial score (nSPS) is 12.4. The van der Waals surface area contributed by atoms with E-state index in [9.17, 15) is 4.39 Å². The Morgan fingerprint density at radius 3 is 2.75 bits per heavy atom. The molecule has 0 heterocycles. The average molecular weight is 358 g/mol. The zero-order valence-corrected chi connectivity index (χ0v) is 13.3.